The zero-order valence-electron chi connectivity index (χ0n) is 21.2. The van der Waals surface area contributed by atoms with Crippen molar-refractivity contribution in [3.63, 3.8) is 0 Å². The molecule has 1 aromatic heterocycles. The Morgan fingerprint density at radius 3 is 2.33 bits per heavy atom. The zero-order valence-corrected chi connectivity index (χ0v) is 21.2. The van der Waals surface area contributed by atoms with Crippen LogP contribution in [0.15, 0.2) is 78.9 Å². The van der Waals surface area contributed by atoms with Crippen LogP contribution in [0.4, 0.5) is 0 Å². The summed E-state index contributed by atoms with van der Waals surface area (Å²) >= 11 is 0. The second kappa shape index (κ2) is 11.0. The number of esters is 1. The van der Waals surface area contributed by atoms with E-state index in [9.17, 15) is 9.59 Å². The lowest BCUT2D eigenvalue weighted by Gasteiger charge is -2.34. The van der Waals surface area contributed by atoms with Gasteiger partial charge in [0.25, 0.3) is 11.7 Å². The van der Waals surface area contributed by atoms with Crippen LogP contribution in [0.5, 0.6) is 11.5 Å². The van der Waals surface area contributed by atoms with Crippen LogP contribution in [0.2, 0.25) is 0 Å². The molecule has 10 nitrogen and oxygen atoms in total. The average Bonchev–Trinajstić information content (AvgIpc) is 3.65. The molecule has 6 rings (SSSR count). The standard InChI is InChI=1S/C29H27N5O5/c35-26(33-15-13-32(14-16-33)18-21-11-12-24-25(17-21)39-20-38-24)19-37-29(36)27-30-28(22-7-3-1-4-8-22)34(31-27)23-9-5-2-6-10-23/h1-12,17H,13-16,18-20H2. The first kappa shape index (κ1) is 24.6. The lowest BCUT2D eigenvalue weighted by molar-refractivity contribution is -0.136. The lowest BCUT2D eigenvalue weighted by atomic mass is 10.1. The summed E-state index contributed by atoms with van der Waals surface area (Å²) in [5.74, 6) is 0.968. The fourth-order valence-electron chi connectivity index (χ4n) is 4.66. The molecule has 0 N–H and O–H groups in total. The number of para-hydroxylation sites is 1. The molecule has 1 amide bonds. The van der Waals surface area contributed by atoms with E-state index in [0.29, 0.717) is 18.9 Å². The number of nitrogens with zero attached hydrogens (tertiary/aromatic N) is 5. The molecule has 10 heteroatoms. The Morgan fingerprint density at radius 2 is 1.56 bits per heavy atom. The number of rotatable bonds is 7. The SMILES string of the molecule is O=C(OCC(=O)N1CCN(Cc2ccc3c(c2)OCO3)CC1)c1nc(-c2ccccc2)n(-c2ccccc2)n1. The van der Waals surface area contributed by atoms with Crippen molar-refractivity contribution in [3.8, 4) is 28.6 Å². The quantitative estimate of drug-likeness (QED) is 0.340. The molecule has 1 saturated heterocycles. The van der Waals surface area contributed by atoms with Crippen LogP contribution in [0, 0.1) is 0 Å². The maximum atomic E-state index is 12.8. The molecule has 4 aromatic rings. The molecule has 0 bridgehead atoms. The maximum Gasteiger partial charge on any atom is 0.378 e. The van der Waals surface area contributed by atoms with Crippen LogP contribution < -0.4 is 9.47 Å². The molecule has 0 unspecified atom stereocenters. The molecule has 0 aliphatic carbocycles. The van der Waals surface area contributed by atoms with Gasteiger partial charge in [-0.15, -0.1) is 5.10 Å². The second-order valence-electron chi connectivity index (χ2n) is 9.29. The summed E-state index contributed by atoms with van der Waals surface area (Å²) in [5, 5.41) is 4.40. The smallest absolute Gasteiger partial charge is 0.378 e. The average molecular weight is 526 g/mol. The van der Waals surface area contributed by atoms with Crippen molar-refractivity contribution >= 4 is 11.9 Å². The third-order valence-electron chi connectivity index (χ3n) is 6.72. The van der Waals surface area contributed by atoms with E-state index in [2.05, 4.69) is 15.0 Å². The summed E-state index contributed by atoms with van der Waals surface area (Å²) < 4.78 is 17.8. The molecule has 0 atom stereocenters. The molecule has 2 aliphatic rings. The van der Waals surface area contributed by atoms with Crippen molar-refractivity contribution in [1.82, 2.24) is 24.6 Å². The number of benzene rings is 3. The van der Waals surface area contributed by atoms with Crippen LogP contribution in [-0.4, -0.2) is 76.0 Å². The number of aromatic nitrogens is 3. The van der Waals surface area contributed by atoms with Gasteiger partial charge in [0, 0.05) is 38.3 Å². The van der Waals surface area contributed by atoms with Crippen molar-refractivity contribution < 1.29 is 23.8 Å². The molecule has 0 radical (unpaired) electrons. The van der Waals surface area contributed by atoms with Gasteiger partial charge >= 0.3 is 5.97 Å². The van der Waals surface area contributed by atoms with Crippen molar-refractivity contribution in [2.24, 2.45) is 0 Å². The Kier molecular flexibility index (Phi) is 6.92. The van der Waals surface area contributed by atoms with Crippen LogP contribution >= 0.6 is 0 Å². The Balaban J connectivity index is 1.05. The number of carbonyl (C=O) groups is 2. The number of hydrogen-bond donors (Lipinski definition) is 0. The fourth-order valence-corrected chi connectivity index (χ4v) is 4.66. The van der Waals surface area contributed by atoms with Crippen molar-refractivity contribution in [3.05, 3.63) is 90.3 Å². The molecular weight excluding hydrogens is 498 g/mol. The van der Waals surface area contributed by atoms with Gasteiger partial charge in [-0.3, -0.25) is 9.69 Å². The fraction of sp³-hybridized carbons (Fsp3) is 0.241. The van der Waals surface area contributed by atoms with Gasteiger partial charge in [0.2, 0.25) is 6.79 Å². The summed E-state index contributed by atoms with van der Waals surface area (Å²) in [6.45, 7) is 3.20. The predicted molar refractivity (Wildman–Crippen MR) is 141 cm³/mol. The minimum atomic E-state index is -0.739. The Hall–Kier alpha value is -4.70. The van der Waals surface area contributed by atoms with Gasteiger partial charge in [0.05, 0.1) is 5.69 Å². The Labute approximate surface area is 225 Å². The molecule has 198 valence electrons. The molecule has 2 aliphatic heterocycles. The zero-order chi connectivity index (χ0) is 26.6. The van der Waals surface area contributed by atoms with Gasteiger partial charge in [-0.1, -0.05) is 54.6 Å². The van der Waals surface area contributed by atoms with E-state index < -0.39 is 5.97 Å². The normalized spacial score (nSPS) is 14.8. The van der Waals surface area contributed by atoms with E-state index in [1.807, 2.05) is 78.9 Å². The molecular formula is C29H27N5O5. The van der Waals surface area contributed by atoms with E-state index in [-0.39, 0.29) is 25.1 Å². The summed E-state index contributed by atoms with van der Waals surface area (Å²) in [6.07, 6.45) is 0. The van der Waals surface area contributed by atoms with Crippen LogP contribution in [0.25, 0.3) is 17.1 Å². The number of piperazine rings is 1. The summed E-state index contributed by atoms with van der Waals surface area (Å²) in [5.41, 5.74) is 2.70. The van der Waals surface area contributed by atoms with E-state index in [1.165, 1.54) is 0 Å². The monoisotopic (exact) mass is 525 g/mol. The van der Waals surface area contributed by atoms with E-state index >= 15 is 0 Å². The number of carbonyl (C=O) groups excluding carboxylic acids is 2. The maximum absolute atomic E-state index is 12.8. The second-order valence-corrected chi connectivity index (χ2v) is 9.29. The summed E-state index contributed by atoms with van der Waals surface area (Å²) in [4.78, 5) is 34.1. The van der Waals surface area contributed by atoms with Gasteiger partial charge < -0.3 is 19.1 Å². The minimum absolute atomic E-state index is 0.0981. The third kappa shape index (κ3) is 5.46. The van der Waals surface area contributed by atoms with Gasteiger partial charge in [-0.25, -0.2) is 14.5 Å². The first-order valence-electron chi connectivity index (χ1n) is 12.8. The Bertz CT molecular complexity index is 1410. The lowest BCUT2D eigenvalue weighted by Crippen LogP contribution is -2.49. The van der Waals surface area contributed by atoms with Crippen molar-refractivity contribution in [2.75, 3.05) is 39.6 Å². The van der Waals surface area contributed by atoms with Crippen LogP contribution in [-0.2, 0) is 16.1 Å². The van der Waals surface area contributed by atoms with Gasteiger partial charge in [-0.2, -0.15) is 0 Å². The number of ether oxygens (including phenoxy) is 3. The third-order valence-corrected chi connectivity index (χ3v) is 6.72. The molecule has 3 aromatic carbocycles. The first-order chi connectivity index (χ1) is 19.1. The highest BCUT2D eigenvalue weighted by Crippen LogP contribution is 2.33. The summed E-state index contributed by atoms with van der Waals surface area (Å²) in [7, 11) is 0. The highest BCUT2D eigenvalue weighted by molar-refractivity contribution is 5.88. The molecule has 1 fully saturated rings. The highest BCUT2D eigenvalue weighted by atomic mass is 16.7. The minimum Gasteiger partial charge on any atom is -0.454 e. The number of amides is 1. The van der Waals surface area contributed by atoms with Gasteiger partial charge in [0.1, 0.15) is 0 Å². The largest absolute Gasteiger partial charge is 0.454 e. The van der Waals surface area contributed by atoms with Gasteiger partial charge in [0.15, 0.2) is 23.9 Å². The van der Waals surface area contributed by atoms with Crippen molar-refractivity contribution in [2.45, 2.75) is 6.54 Å². The van der Waals surface area contributed by atoms with Gasteiger partial charge in [-0.05, 0) is 29.8 Å². The summed E-state index contributed by atoms with van der Waals surface area (Å²) in [6, 6.07) is 24.9. The molecule has 3 heterocycles. The predicted octanol–water partition coefficient (Wildman–Crippen LogP) is 3.16. The van der Waals surface area contributed by atoms with Crippen LogP contribution in [0.3, 0.4) is 0 Å². The highest BCUT2D eigenvalue weighted by Gasteiger charge is 2.25. The first-order valence-corrected chi connectivity index (χ1v) is 12.8. The molecule has 0 saturated carbocycles. The van der Waals surface area contributed by atoms with E-state index in [1.54, 1.807) is 9.58 Å². The topological polar surface area (TPSA) is 99.0 Å². The van der Waals surface area contributed by atoms with E-state index in [4.69, 9.17) is 14.2 Å². The molecule has 39 heavy (non-hydrogen) atoms. The molecule has 0 spiro atoms. The number of fused-ring (bicyclic) bond motifs is 1. The Morgan fingerprint density at radius 1 is 0.846 bits per heavy atom. The van der Waals surface area contributed by atoms with E-state index in [0.717, 1.165) is 47.9 Å². The number of hydrogen-bond acceptors (Lipinski definition) is 8. The van der Waals surface area contributed by atoms with Crippen LogP contribution in [0.1, 0.15) is 16.2 Å². The van der Waals surface area contributed by atoms with Crippen molar-refractivity contribution in [1.29, 1.82) is 0 Å².